The molecule has 0 aliphatic heterocycles. The number of sulfone groups is 1. The van der Waals surface area contributed by atoms with Crippen LogP contribution in [0.15, 0.2) is 52.4 Å². The van der Waals surface area contributed by atoms with E-state index in [1.807, 2.05) is 24.3 Å². The molecule has 0 amide bonds. The molecule has 0 spiro atoms. The lowest BCUT2D eigenvalue weighted by Gasteiger charge is -2.02. The molecule has 6 nitrogen and oxygen atoms in total. The summed E-state index contributed by atoms with van der Waals surface area (Å²) in [5, 5.41) is 6.06. The molecule has 1 N–H and O–H groups in total. The van der Waals surface area contributed by atoms with Crippen LogP contribution in [0.2, 0.25) is 0 Å². The smallest absolute Gasteiger partial charge is 0.276 e. The van der Waals surface area contributed by atoms with Crippen molar-refractivity contribution in [3.8, 4) is 10.4 Å². The van der Waals surface area contributed by atoms with E-state index >= 15 is 0 Å². The van der Waals surface area contributed by atoms with Gasteiger partial charge in [0.25, 0.3) is 0 Å². The SMILES string of the molecule is CCS(=O)(=O)c1ccc(-c2ccc(Cn3cn[nH]c3=O)s2)cc1. The monoisotopic (exact) mass is 349 g/mol. The van der Waals surface area contributed by atoms with Gasteiger partial charge in [-0.3, -0.25) is 4.57 Å². The first-order valence-corrected chi connectivity index (χ1v) is 9.48. The highest BCUT2D eigenvalue weighted by atomic mass is 32.2. The van der Waals surface area contributed by atoms with E-state index in [0.717, 1.165) is 15.3 Å². The molecule has 0 radical (unpaired) electrons. The number of aromatic amines is 1. The second-order valence-electron chi connectivity index (χ2n) is 4.98. The topological polar surface area (TPSA) is 84.8 Å². The first-order valence-electron chi connectivity index (χ1n) is 7.01. The van der Waals surface area contributed by atoms with Gasteiger partial charge in [0.2, 0.25) is 0 Å². The van der Waals surface area contributed by atoms with Crippen LogP contribution in [-0.2, 0) is 16.4 Å². The molecule has 120 valence electrons. The number of H-pyrrole nitrogens is 1. The summed E-state index contributed by atoms with van der Waals surface area (Å²) in [6.07, 6.45) is 1.46. The Morgan fingerprint density at radius 2 is 1.91 bits per heavy atom. The number of rotatable bonds is 5. The second-order valence-corrected chi connectivity index (χ2v) is 8.43. The van der Waals surface area contributed by atoms with Gasteiger partial charge in [-0.25, -0.2) is 18.3 Å². The van der Waals surface area contributed by atoms with Crippen molar-refractivity contribution in [1.82, 2.24) is 14.8 Å². The molecule has 1 aromatic carbocycles. The van der Waals surface area contributed by atoms with Gasteiger partial charge >= 0.3 is 5.69 Å². The van der Waals surface area contributed by atoms with Crippen LogP contribution >= 0.6 is 11.3 Å². The zero-order chi connectivity index (χ0) is 16.4. The Hall–Kier alpha value is -2.19. The Kier molecular flexibility index (Phi) is 4.18. The number of hydrogen-bond donors (Lipinski definition) is 1. The summed E-state index contributed by atoms with van der Waals surface area (Å²) in [6, 6.07) is 10.8. The Bertz CT molecular complexity index is 966. The average Bonchev–Trinajstić information content (AvgIpc) is 3.18. The van der Waals surface area contributed by atoms with Crippen molar-refractivity contribution in [3.05, 3.63) is 58.1 Å². The fraction of sp³-hybridized carbons (Fsp3) is 0.200. The van der Waals surface area contributed by atoms with Gasteiger partial charge in [0.1, 0.15) is 6.33 Å². The predicted octanol–water partition coefficient (Wildman–Crippen LogP) is 2.14. The maximum atomic E-state index is 11.8. The lowest BCUT2D eigenvalue weighted by molar-refractivity contribution is 0.597. The summed E-state index contributed by atoms with van der Waals surface area (Å²) < 4.78 is 25.1. The Labute approximate surface area is 137 Å². The Morgan fingerprint density at radius 1 is 1.17 bits per heavy atom. The van der Waals surface area contributed by atoms with Crippen LogP contribution < -0.4 is 5.69 Å². The average molecular weight is 349 g/mol. The molecule has 8 heteroatoms. The Balaban J connectivity index is 1.83. The third kappa shape index (κ3) is 3.27. The highest BCUT2D eigenvalue weighted by molar-refractivity contribution is 7.91. The van der Waals surface area contributed by atoms with Crippen LogP contribution in [0.25, 0.3) is 10.4 Å². The zero-order valence-corrected chi connectivity index (χ0v) is 14.0. The molecule has 0 fully saturated rings. The van der Waals surface area contributed by atoms with Gasteiger partial charge in [0, 0.05) is 9.75 Å². The summed E-state index contributed by atoms with van der Waals surface area (Å²) >= 11 is 1.56. The quantitative estimate of drug-likeness (QED) is 0.765. The highest BCUT2D eigenvalue weighted by Gasteiger charge is 2.12. The van der Waals surface area contributed by atoms with Crippen LogP contribution in [0.4, 0.5) is 0 Å². The van der Waals surface area contributed by atoms with Crippen molar-refractivity contribution >= 4 is 21.2 Å². The summed E-state index contributed by atoms with van der Waals surface area (Å²) in [4.78, 5) is 13.8. The summed E-state index contributed by atoms with van der Waals surface area (Å²) in [6.45, 7) is 2.09. The third-order valence-electron chi connectivity index (χ3n) is 3.48. The van der Waals surface area contributed by atoms with E-state index in [0.29, 0.717) is 11.4 Å². The van der Waals surface area contributed by atoms with Crippen molar-refractivity contribution in [2.75, 3.05) is 5.75 Å². The van der Waals surface area contributed by atoms with E-state index in [1.54, 1.807) is 30.4 Å². The number of nitrogens with one attached hydrogen (secondary N) is 1. The molecular weight excluding hydrogens is 334 g/mol. The minimum atomic E-state index is -3.18. The first kappa shape index (κ1) is 15.7. The molecule has 0 saturated heterocycles. The maximum Gasteiger partial charge on any atom is 0.343 e. The number of thiophene rings is 1. The summed E-state index contributed by atoms with van der Waals surface area (Å²) in [5.74, 6) is 0.0922. The van der Waals surface area contributed by atoms with Crippen molar-refractivity contribution in [2.45, 2.75) is 18.4 Å². The van der Waals surface area contributed by atoms with E-state index in [2.05, 4.69) is 10.2 Å². The van der Waals surface area contributed by atoms with Gasteiger partial charge in [-0.15, -0.1) is 11.3 Å². The highest BCUT2D eigenvalue weighted by Crippen LogP contribution is 2.29. The molecule has 0 aliphatic carbocycles. The molecule has 0 bridgehead atoms. The second kappa shape index (κ2) is 6.13. The molecule has 3 rings (SSSR count). The molecule has 23 heavy (non-hydrogen) atoms. The standard InChI is InChI=1S/C15H15N3O3S2/c1-2-23(20,21)13-6-3-11(4-7-13)14-8-5-12(22-14)9-18-10-16-17-15(18)19/h3-8,10H,2,9H2,1H3,(H,17,19). The Morgan fingerprint density at radius 3 is 2.52 bits per heavy atom. The van der Waals surface area contributed by atoms with Crippen molar-refractivity contribution in [1.29, 1.82) is 0 Å². The molecule has 0 aliphatic rings. The van der Waals surface area contributed by atoms with Gasteiger partial charge in [0.15, 0.2) is 9.84 Å². The molecule has 0 saturated carbocycles. The molecule has 0 atom stereocenters. The van der Waals surface area contributed by atoms with E-state index in [9.17, 15) is 13.2 Å². The van der Waals surface area contributed by atoms with Gasteiger partial charge in [-0.1, -0.05) is 19.1 Å². The molecule has 3 aromatic rings. The minimum absolute atomic E-state index is 0.0922. The van der Waals surface area contributed by atoms with Crippen molar-refractivity contribution < 1.29 is 8.42 Å². The predicted molar refractivity (Wildman–Crippen MR) is 89.4 cm³/mol. The number of hydrogen-bond acceptors (Lipinski definition) is 5. The lowest BCUT2D eigenvalue weighted by Crippen LogP contribution is -2.16. The van der Waals surface area contributed by atoms with E-state index in [-0.39, 0.29) is 11.4 Å². The first-order chi connectivity index (χ1) is 11.0. The number of benzene rings is 1. The number of aromatic nitrogens is 3. The largest absolute Gasteiger partial charge is 0.343 e. The normalized spacial score (nSPS) is 11.7. The molecule has 2 aromatic heterocycles. The lowest BCUT2D eigenvalue weighted by atomic mass is 10.2. The summed E-state index contributed by atoms with van der Waals surface area (Å²) in [5.41, 5.74) is 0.713. The fourth-order valence-corrected chi connectivity index (χ4v) is 4.06. The van der Waals surface area contributed by atoms with E-state index < -0.39 is 9.84 Å². The van der Waals surface area contributed by atoms with Crippen LogP contribution in [0.1, 0.15) is 11.8 Å². The maximum absolute atomic E-state index is 11.8. The minimum Gasteiger partial charge on any atom is -0.276 e. The third-order valence-corrected chi connectivity index (χ3v) is 6.35. The molecular formula is C15H15N3O3S2. The van der Waals surface area contributed by atoms with Gasteiger partial charge < -0.3 is 0 Å². The zero-order valence-electron chi connectivity index (χ0n) is 12.4. The number of nitrogens with zero attached hydrogens (tertiary/aromatic N) is 2. The van der Waals surface area contributed by atoms with Crippen LogP contribution in [-0.4, -0.2) is 28.9 Å². The molecule has 2 heterocycles. The summed E-state index contributed by atoms with van der Waals surface area (Å²) in [7, 11) is -3.18. The van der Waals surface area contributed by atoms with Crippen LogP contribution in [0.3, 0.4) is 0 Å². The van der Waals surface area contributed by atoms with E-state index in [1.165, 1.54) is 10.9 Å². The van der Waals surface area contributed by atoms with Crippen LogP contribution in [0.5, 0.6) is 0 Å². The van der Waals surface area contributed by atoms with Gasteiger partial charge in [-0.05, 0) is 29.8 Å². The van der Waals surface area contributed by atoms with Crippen LogP contribution in [0, 0.1) is 0 Å². The fourth-order valence-electron chi connectivity index (χ4n) is 2.16. The van der Waals surface area contributed by atoms with Gasteiger partial charge in [-0.2, -0.15) is 5.10 Å². The van der Waals surface area contributed by atoms with Crippen molar-refractivity contribution in [2.24, 2.45) is 0 Å². The van der Waals surface area contributed by atoms with Crippen molar-refractivity contribution in [3.63, 3.8) is 0 Å². The molecule has 0 unspecified atom stereocenters. The van der Waals surface area contributed by atoms with E-state index in [4.69, 9.17) is 0 Å². The van der Waals surface area contributed by atoms with Gasteiger partial charge in [0.05, 0.1) is 17.2 Å².